The van der Waals surface area contributed by atoms with Gasteiger partial charge in [-0.2, -0.15) is 11.3 Å². The number of rotatable bonds is 6. The fraction of sp³-hybridized carbons (Fsp3) is 0.222. The minimum atomic E-state index is -0.599. The number of aliphatic hydroxyl groups is 1. The molecule has 1 amide bonds. The average Bonchev–Trinajstić information content (AvgIpc) is 3.25. The molecule has 7 heteroatoms. The van der Waals surface area contributed by atoms with Crippen molar-refractivity contribution in [2.24, 2.45) is 0 Å². The number of aliphatic hydroxyl groups excluding tert-OH is 1. The smallest absolute Gasteiger partial charge is 0.257 e. The minimum absolute atomic E-state index is 0.300. The summed E-state index contributed by atoms with van der Waals surface area (Å²) in [5.74, 6) is 0.122. The molecule has 0 aliphatic heterocycles. The molecule has 0 aliphatic rings. The van der Waals surface area contributed by atoms with Gasteiger partial charge in [0.2, 0.25) is 0 Å². The zero-order chi connectivity index (χ0) is 17.8. The maximum Gasteiger partial charge on any atom is 0.257 e. The number of hydrogen-bond donors (Lipinski definition) is 2. The first-order valence-corrected chi connectivity index (χ1v) is 9.09. The summed E-state index contributed by atoms with van der Waals surface area (Å²) in [4.78, 5) is 12.6. The molecule has 1 aromatic carbocycles. The molecular formula is C18H17ClN2O3S. The highest BCUT2D eigenvalue weighted by molar-refractivity contribution is 7.07. The maximum absolute atomic E-state index is 12.6. The van der Waals surface area contributed by atoms with Gasteiger partial charge in [0.05, 0.1) is 11.1 Å². The van der Waals surface area contributed by atoms with Gasteiger partial charge in [-0.1, -0.05) is 35.0 Å². The fourth-order valence-corrected chi connectivity index (χ4v) is 3.45. The Labute approximate surface area is 154 Å². The highest BCUT2D eigenvalue weighted by Crippen LogP contribution is 2.31. The van der Waals surface area contributed by atoms with Crippen molar-refractivity contribution in [3.8, 4) is 11.3 Å². The largest absolute Gasteiger partial charge is 0.388 e. The van der Waals surface area contributed by atoms with Gasteiger partial charge in [-0.05, 0) is 41.8 Å². The summed E-state index contributed by atoms with van der Waals surface area (Å²) in [7, 11) is 0. The molecule has 25 heavy (non-hydrogen) atoms. The lowest BCUT2D eigenvalue weighted by molar-refractivity contribution is 0.0942. The van der Waals surface area contributed by atoms with Gasteiger partial charge in [0.15, 0.2) is 0 Å². The summed E-state index contributed by atoms with van der Waals surface area (Å²) in [5, 5.41) is 21.2. The predicted molar refractivity (Wildman–Crippen MR) is 97.9 cm³/mol. The van der Waals surface area contributed by atoms with Crippen LogP contribution in [0, 0.1) is 6.92 Å². The number of carbonyl (C=O) groups is 1. The number of aromatic nitrogens is 1. The number of halogens is 1. The van der Waals surface area contributed by atoms with Crippen LogP contribution in [0.4, 0.5) is 0 Å². The van der Waals surface area contributed by atoms with Crippen LogP contribution in [0.1, 0.15) is 34.2 Å². The topological polar surface area (TPSA) is 75.4 Å². The number of nitrogens with one attached hydrogen (secondary N) is 1. The monoisotopic (exact) mass is 376 g/mol. The van der Waals surface area contributed by atoms with Crippen LogP contribution in [0.3, 0.4) is 0 Å². The van der Waals surface area contributed by atoms with E-state index < -0.39 is 6.10 Å². The second kappa shape index (κ2) is 7.82. The Kier molecular flexibility index (Phi) is 5.53. The minimum Gasteiger partial charge on any atom is -0.388 e. The van der Waals surface area contributed by atoms with Crippen molar-refractivity contribution in [3.63, 3.8) is 0 Å². The molecule has 1 atom stereocenters. The molecular weight excluding hydrogens is 360 g/mol. The Morgan fingerprint density at radius 3 is 2.92 bits per heavy atom. The molecule has 2 heterocycles. The standard InChI is InChI=1S/C18H17ClN2O3S/c1-11-16(17(21-24-11)13-4-2-3-5-14(13)19)18(23)20-8-6-15(22)12-7-9-25-10-12/h2-5,7,9-10,15,22H,6,8H2,1H3,(H,20,23). The normalized spacial score (nSPS) is 12.1. The van der Waals surface area contributed by atoms with Gasteiger partial charge in [0, 0.05) is 12.1 Å². The van der Waals surface area contributed by atoms with Gasteiger partial charge in [-0.25, -0.2) is 0 Å². The van der Waals surface area contributed by atoms with Crippen molar-refractivity contribution in [1.82, 2.24) is 10.5 Å². The Hall–Kier alpha value is -2.15. The highest BCUT2D eigenvalue weighted by atomic mass is 35.5. The van der Waals surface area contributed by atoms with Gasteiger partial charge in [0.1, 0.15) is 17.0 Å². The van der Waals surface area contributed by atoms with Crippen LogP contribution in [-0.2, 0) is 0 Å². The Morgan fingerprint density at radius 1 is 1.40 bits per heavy atom. The van der Waals surface area contributed by atoms with Crippen LogP contribution in [0.25, 0.3) is 11.3 Å². The van der Waals surface area contributed by atoms with Crippen LogP contribution in [-0.4, -0.2) is 22.7 Å². The molecule has 130 valence electrons. The lowest BCUT2D eigenvalue weighted by atomic mass is 10.1. The van der Waals surface area contributed by atoms with Gasteiger partial charge < -0.3 is 14.9 Å². The molecule has 3 aromatic rings. The van der Waals surface area contributed by atoms with Gasteiger partial charge >= 0.3 is 0 Å². The summed E-state index contributed by atoms with van der Waals surface area (Å²) in [6.07, 6.45) is -0.174. The van der Waals surface area contributed by atoms with Crippen molar-refractivity contribution in [2.75, 3.05) is 6.54 Å². The molecule has 3 rings (SSSR count). The Balaban J connectivity index is 1.71. The molecule has 0 spiro atoms. The van der Waals surface area contributed by atoms with E-state index in [1.807, 2.05) is 29.0 Å². The second-order valence-corrected chi connectivity index (χ2v) is 6.75. The van der Waals surface area contributed by atoms with E-state index in [9.17, 15) is 9.90 Å². The number of amides is 1. The van der Waals surface area contributed by atoms with E-state index in [1.165, 1.54) is 11.3 Å². The van der Waals surface area contributed by atoms with Gasteiger partial charge in [0.25, 0.3) is 5.91 Å². The maximum atomic E-state index is 12.6. The van der Waals surface area contributed by atoms with Crippen molar-refractivity contribution < 1.29 is 14.4 Å². The molecule has 2 N–H and O–H groups in total. The third-order valence-corrected chi connectivity index (χ3v) is 4.88. The number of thiophene rings is 1. The first-order valence-electron chi connectivity index (χ1n) is 7.77. The third kappa shape index (κ3) is 3.92. The van der Waals surface area contributed by atoms with Crippen LogP contribution in [0.15, 0.2) is 45.6 Å². The van der Waals surface area contributed by atoms with E-state index in [0.717, 1.165) is 5.56 Å². The van der Waals surface area contributed by atoms with Crippen LogP contribution in [0.2, 0.25) is 5.02 Å². The summed E-state index contributed by atoms with van der Waals surface area (Å²) >= 11 is 7.73. The van der Waals surface area contributed by atoms with Crippen molar-refractivity contribution in [3.05, 3.63) is 63.0 Å². The van der Waals surface area contributed by atoms with Crippen molar-refractivity contribution in [2.45, 2.75) is 19.4 Å². The average molecular weight is 377 g/mol. The van der Waals surface area contributed by atoms with Crippen molar-refractivity contribution in [1.29, 1.82) is 0 Å². The zero-order valence-electron chi connectivity index (χ0n) is 13.5. The molecule has 0 bridgehead atoms. The number of carbonyl (C=O) groups excluding carboxylic acids is 1. The fourth-order valence-electron chi connectivity index (χ4n) is 2.52. The van der Waals surface area contributed by atoms with Crippen molar-refractivity contribution >= 4 is 28.8 Å². The van der Waals surface area contributed by atoms with Gasteiger partial charge in [-0.15, -0.1) is 0 Å². The number of benzene rings is 1. The molecule has 5 nitrogen and oxygen atoms in total. The quantitative estimate of drug-likeness (QED) is 0.675. The third-order valence-electron chi connectivity index (χ3n) is 3.85. The van der Waals surface area contributed by atoms with E-state index in [2.05, 4.69) is 10.5 Å². The van der Waals surface area contributed by atoms with E-state index >= 15 is 0 Å². The number of nitrogens with zero attached hydrogens (tertiary/aromatic N) is 1. The predicted octanol–water partition coefficient (Wildman–Crippen LogP) is 4.22. The molecule has 0 saturated carbocycles. The lowest BCUT2D eigenvalue weighted by Crippen LogP contribution is -2.26. The first kappa shape index (κ1) is 17.7. The van der Waals surface area contributed by atoms with E-state index in [-0.39, 0.29) is 5.91 Å². The highest BCUT2D eigenvalue weighted by Gasteiger charge is 2.23. The molecule has 0 aliphatic carbocycles. The molecule has 1 unspecified atom stereocenters. The molecule has 2 aromatic heterocycles. The molecule has 0 saturated heterocycles. The van der Waals surface area contributed by atoms with E-state index in [0.29, 0.717) is 40.6 Å². The SMILES string of the molecule is Cc1onc(-c2ccccc2Cl)c1C(=O)NCCC(O)c1ccsc1. The second-order valence-electron chi connectivity index (χ2n) is 5.56. The van der Waals surface area contributed by atoms with Crippen LogP contribution in [0.5, 0.6) is 0 Å². The molecule has 0 radical (unpaired) electrons. The summed E-state index contributed by atoms with van der Waals surface area (Å²) in [6.45, 7) is 2.02. The van der Waals surface area contributed by atoms with Gasteiger partial charge in [-0.3, -0.25) is 4.79 Å². The number of hydrogen-bond acceptors (Lipinski definition) is 5. The van der Waals surface area contributed by atoms with E-state index in [1.54, 1.807) is 19.1 Å². The Bertz CT molecular complexity index is 861. The number of aryl methyl sites for hydroxylation is 1. The summed E-state index contributed by atoms with van der Waals surface area (Å²) in [6, 6.07) is 9.03. The summed E-state index contributed by atoms with van der Waals surface area (Å²) in [5.41, 5.74) is 2.28. The van der Waals surface area contributed by atoms with Crippen LogP contribution < -0.4 is 5.32 Å². The first-order chi connectivity index (χ1) is 12.1. The van der Waals surface area contributed by atoms with E-state index in [4.69, 9.17) is 16.1 Å². The molecule has 0 fully saturated rings. The lowest BCUT2D eigenvalue weighted by Gasteiger charge is -2.10. The Morgan fingerprint density at radius 2 is 2.20 bits per heavy atom. The van der Waals surface area contributed by atoms with Crippen LogP contribution >= 0.6 is 22.9 Å². The zero-order valence-corrected chi connectivity index (χ0v) is 15.1. The summed E-state index contributed by atoms with van der Waals surface area (Å²) < 4.78 is 5.20.